The molecule has 0 aliphatic rings. The van der Waals surface area contributed by atoms with Crippen molar-refractivity contribution < 1.29 is 4.74 Å². The molecule has 5 nitrogen and oxygen atoms in total. The number of hydrogen-bond acceptors (Lipinski definition) is 4. The monoisotopic (exact) mass is 364 g/mol. The maximum absolute atomic E-state index is 6.04. The van der Waals surface area contributed by atoms with Gasteiger partial charge >= 0.3 is 0 Å². The number of fused-ring (bicyclic) bond motifs is 2. The first kappa shape index (κ1) is 16.4. The fraction of sp³-hybridized carbons (Fsp3) is 0.100. The van der Waals surface area contributed by atoms with Crippen LogP contribution in [0.4, 0.5) is 5.69 Å². The normalized spacial score (nSPS) is 11.5. The first-order valence-corrected chi connectivity index (χ1v) is 8.50. The number of aryl methyl sites for hydroxylation is 1. The summed E-state index contributed by atoms with van der Waals surface area (Å²) in [5.41, 5.74) is 6.94. The fourth-order valence-electron chi connectivity index (χ4n) is 3.02. The predicted octanol–water partition coefficient (Wildman–Crippen LogP) is 4.83. The van der Waals surface area contributed by atoms with E-state index in [1.54, 1.807) is 13.3 Å². The van der Waals surface area contributed by atoms with Crippen LogP contribution < -0.4 is 10.2 Å². The molecule has 0 saturated heterocycles. The summed E-state index contributed by atoms with van der Waals surface area (Å²) in [4.78, 5) is 4.34. The van der Waals surface area contributed by atoms with Crippen molar-refractivity contribution in [3.8, 4) is 5.75 Å². The van der Waals surface area contributed by atoms with Gasteiger partial charge in [0.2, 0.25) is 0 Å². The molecule has 4 aromatic rings. The largest absolute Gasteiger partial charge is 0.497 e. The molecule has 6 heteroatoms. The Morgan fingerprint density at radius 2 is 2.04 bits per heavy atom. The molecule has 4 rings (SSSR count). The molecule has 0 radical (unpaired) electrons. The van der Waals surface area contributed by atoms with Crippen molar-refractivity contribution in [2.75, 3.05) is 12.5 Å². The molecule has 0 aliphatic heterocycles. The number of hydrazone groups is 1. The standard InChI is InChI=1S/C20H17ClN4O/c1-25-12-13(17-10-15(26-2)4-6-20(17)25)11-23-24-18-7-8-22-19-9-14(21)3-5-16(18)19/h3-12H,1-2H3,(H,22,24)/b23-11+. The fourth-order valence-corrected chi connectivity index (χ4v) is 3.19. The van der Waals surface area contributed by atoms with E-state index < -0.39 is 0 Å². The highest BCUT2D eigenvalue weighted by molar-refractivity contribution is 6.31. The Balaban J connectivity index is 1.66. The van der Waals surface area contributed by atoms with E-state index in [0.29, 0.717) is 5.02 Å². The second-order valence-electron chi connectivity index (χ2n) is 5.97. The van der Waals surface area contributed by atoms with Crippen LogP contribution in [0, 0.1) is 0 Å². The first-order chi connectivity index (χ1) is 12.7. The number of nitrogens with one attached hydrogen (secondary N) is 1. The second kappa shape index (κ2) is 6.69. The summed E-state index contributed by atoms with van der Waals surface area (Å²) in [6.07, 6.45) is 5.59. The van der Waals surface area contributed by atoms with Gasteiger partial charge in [0.05, 0.1) is 24.5 Å². The molecule has 0 spiro atoms. The summed E-state index contributed by atoms with van der Waals surface area (Å²) in [5.74, 6) is 0.823. The third-order valence-corrected chi connectivity index (χ3v) is 4.56. The third-order valence-electron chi connectivity index (χ3n) is 4.32. The molecule has 0 aliphatic carbocycles. The number of anilines is 1. The molecule has 130 valence electrons. The smallest absolute Gasteiger partial charge is 0.119 e. The molecule has 0 amide bonds. The van der Waals surface area contributed by atoms with Gasteiger partial charge in [0.25, 0.3) is 0 Å². The highest BCUT2D eigenvalue weighted by Crippen LogP contribution is 2.26. The molecule has 0 bridgehead atoms. The minimum Gasteiger partial charge on any atom is -0.497 e. The number of pyridine rings is 1. The molecule has 26 heavy (non-hydrogen) atoms. The van der Waals surface area contributed by atoms with Crippen molar-refractivity contribution in [3.05, 3.63) is 65.4 Å². The van der Waals surface area contributed by atoms with E-state index in [1.165, 1.54) is 0 Å². The van der Waals surface area contributed by atoms with Crippen LogP contribution in [-0.2, 0) is 7.05 Å². The van der Waals surface area contributed by atoms with E-state index in [9.17, 15) is 0 Å². The number of methoxy groups -OCH3 is 1. The Kier molecular flexibility index (Phi) is 4.22. The molecular weight excluding hydrogens is 348 g/mol. The summed E-state index contributed by atoms with van der Waals surface area (Å²) in [6, 6.07) is 13.5. The Morgan fingerprint density at radius 1 is 1.15 bits per heavy atom. The zero-order valence-corrected chi connectivity index (χ0v) is 15.2. The quantitative estimate of drug-likeness (QED) is 0.416. The predicted molar refractivity (Wildman–Crippen MR) is 107 cm³/mol. The molecule has 0 atom stereocenters. The van der Waals surface area contributed by atoms with Crippen LogP contribution in [0.5, 0.6) is 5.75 Å². The van der Waals surface area contributed by atoms with Gasteiger partial charge in [0, 0.05) is 46.3 Å². The molecule has 2 aromatic heterocycles. The van der Waals surface area contributed by atoms with Gasteiger partial charge in [0.1, 0.15) is 5.75 Å². The van der Waals surface area contributed by atoms with Crippen LogP contribution in [0.25, 0.3) is 21.8 Å². The van der Waals surface area contributed by atoms with Crippen molar-refractivity contribution in [2.45, 2.75) is 0 Å². The van der Waals surface area contributed by atoms with E-state index in [0.717, 1.165) is 38.8 Å². The zero-order chi connectivity index (χ0) is 18.1. The molecule has 0 fully saturated rings. The molecular formula is C20H17ClN4O. The average molecular weight is 365 g/mol. The molecule has 1 N–H and O–H groups in total. The Hall–Kier alpha value is -3.05. The summed E-state index contributed by atoms with van der Waals surface area (Å²) in [5, 5.41) is 7.13. The van der Waals surface area contributed by atoms with Gasteiger partial charge in [-0.15, -0.1) is 0 Å². The number of hydrogen-bond donors (Lipinski definition) is 1. The van der Waals surface area contributed by atoms with Crippen LogP contribution in [0.1, 0.15) is 5.56 Å². The summed E-state index contributed by atoms with van der Waals surface area (Å²) in [7, 11) is 3.68. The minimum absolute atomic E-state index is 0.662. The topological polar surface area (TPSA) is 51.4 Å². The molecule has 0 unspecified atom stereocenters. The van der Waals surface area contributed by atoms with E-state index in [2.05, 4.69) is 20.1 Å². The van der Waals surface area contributed by atoms with Crippen molar-refractivity contribution in [3.63, 3.8) is 0 Å². The van der Waals surface area contributed by atoms with E-state index in [4.69, 9.17) is 16.3 Å². The highest BCUT2D eigenvalue weighted by atomic mass is 35.5. The van der Waals surface area contributed by atoms with Crippen molar-refractivity contribution in [1.29, 1.82) is 0 Å². The Bertz CT molecular complexity index is 1130. The van der Waals surface area contributed by atoms with Gasteiger partial charge in [-0.05, 0) is 42.5 Å². The minimum atomic E-state index is 0.662. The van der Waals surface area contributed by atoms with Crippen molar-refractivity contribution >= 4 is 45.3 Å². The number of halogens is 1. The summed E-state index contributed by atoms with van der Waals surface area (Å²) < 4.78 is 7.40. The average Bonchev–Trinajstić information content (AvgIpc) is 2.97. The SMILES string of the molecule is COc1ccc2c(c1)c(/C=N/Nc1ccnc3cc(Cl)ccc13)cn2C. The van der Waals surface area contributed by atoms with Gasteiger partial charge in [-0.25, -0.2) is 0 Å². The number of benzene rings is 2. The lowest BCUT2D eigenvalue weighted by Crippen LogP contribution is -1.92. The van der Waals surface area contributed by atoms with E-state index >= 15 is 0 Å². The maximum Gasteiger partial charge on any atom is 0.119 e. The lowest BCUT2D eigenvalue weighted by atomic mass is 10.2. The van der Waals surface area contributed by atoms with Crippen LogP contribution in [-0.4, -0.2) is 22.9 Å². The Morgan fingerprint density at radius 3 is 2.88 bits per heavy atom. The molecule has 0 saturated carbocycles. The van der Waals surface area contributed by atoms with Crippen molar-refractivity contribution in [1.82, 2.24) is 9.55 Å². The van der Waals surface area contributed by atoms with Crippen LogP contribution >= 0.6 is 11.6 Å². The van der Waals surface area contributed by atoms with Gasteiger partial charge in [-0.2, -0.15) is 5.10 Å². The first-order valence-electron chi connectivity index (χ1n) is 8.12. The van der Waals surface area contributed by atoms with Crippen LogP contribution in [0.15, 0.2) is 60.0 Å². The highest BCUT2D eigenvalue weighted by Gasteiger charge is 2.06. The molecule has 2 heterocycles. The third kappa shape index (κ3) is 2.97. The van der Waals surface area contributed by atoms with Crippen LogP contribution in [0.3, 0.4) is 0 Å². The van der Waals surface area contributed by atoms with Crippen molar-refractivity contribution in [2.24, 2.45) is 12.1 Å². The number of ether oxygens (including phenoxy) is 1. The number of aromatic nitrogens is 2. The van der Waals surface area contributed by atoms with E-state index in [-0.39, 0.29) is 0 Å². The lowest BCUT2D eigenvalue weighted by molar-refractivity contribution is 0.415. The van der Waals surface area contributed by atoms with Gasteiger partial charge < -0.3 is 9.30 Å². The maximum atomic E-state index is 6.04. The summed E-state index contributed by atoms with van der Waals surface area (Å²) in [6.45, 7) is 0. The molecule has 2 aromatic carbocycles. The Labute approximate surface area is 155 Å². The number of nitrogens with zero attached hydrogens (tertiary/aromatic N) is 3. The number of rotatable bonds is 4. The second-order valence-corrected chi connectivity index (χ2v) is 6.40. The van der Waals surface area contributed by atoms with E-state index in [1.807, 2.05) is 61.9 Å². The van der Waals surface area contributed by atoms with Gasteiger partial charge in [-0.1, -0.05) is 11.6 Å². The zero-order valence-electron chi connectivity index (χ0n) is 14.4. The van der Waals surface area contributed by atoms with Gasteiger partial charge in [-0.3, -0.25) is 10.4 Å². The lowest BCUT2D eigenvalue weighted by Gasteiger charge is -2.05. The summed E-state index contributed by atoms with van der Waals surface area (Å²) >= 11 is 6.04. The van der Waals surface area contributed by atoms with Gasteiger partial charge in [0.15, 0.2) is 0 Å². The van der Waals surface area contributed by atoms with Crippen LogP contribution in [0.2, 0.25) is 5.02 Å².